The number of ether oxygens (including phenoxy) is 1. The Kier molecular flexibility index (Phi) is 18.3. The number of rotatable bonds is 19. The van der Waals surface area contributed by atoms with Gasteiger partial charge in [0.25, 0.3) is 0 Å². The number of nitrogens with zero attached hydrogens (tertiary/aromatic N) is 1. The second kappa shape index (κ2) is 19.0. The highest BCUT2D eigenvalue weighted by Gasteiger charge is 2.24. The summed E-state index contributed by atoms with van der Waals surface area (Å²) in [6.07, 6.45) is 15.1. The van der Waals surface area contributed by atoms with E-state index in [-0.39, 0.29) is 18.4 Å². The Balaban J connectivity index is 0.0000102. The van der Waals surface area contributed by atoms with Gasteiger partial charge < -0.3 is 21.6 Å². The van der Waals surface area contributed by atoms with Crippen molar-refractivity contribution in [2.24, 2.45) is 0 Å². The highest BCUT2D eigenvalue weighted by Crippen LogP contribution is 2.17. The fraction of sp³-hybridized carbons (Fsp3) is 0.690. The van der Waals surface area contributed by atoms with E-state index < -0.39 is 0 Å². The third kappa shape index (κ3) is 13.9. The summed E-state index contributed by atoms with van der Waals surface area (Å²) < 4.78 is 6.30. The molecule has 33 heavy (non-hydrogen) atoms. The zero-order valence-corrected chi connectivity index (χ0v) is 22.7. The Morgan fingerprint density at radius 1 is 0.818 bits per heavy atom. The molecule has 0 radical (unpaired) electrons. The number of hydrogen-bond donors (Lipinski definition) is 0. The summed E-state index contributed by atoms with van der Waals surface area (Å²) in [7, 11) is 0. The van der Waals surface area contributed by atoms with Gasteiger partial charge in [0.15, 0.2) is 0 Å². The van der Waals surface area contributed by atoms with Gasteiger partial charge in [-0.15, -0.1) is 0 Å². The summed E-state index contributed by atoms with van der Waals surface area (Å²) in [5.41, 5.74) is 3.29. The zero-order valence-electron chi connectivity index (χ0n) is 22.0. The van der Waals surface area contributed by atoms with E-state index in [1.165, 1.54) is 81.8 Å². The number of benzene rings is 1. The molecule has 0 amide bonds. The first-order chi connectivity index (χ1) is 15.5. The molecule has 1 aromatic rings. The molecule has 0 aliphatic rings. The maximum absolute atomic E-state index is 11.7. The Labute approximate surface area is 211 Å². The fourth-order valence-electron chi connectivity index (χ4n) is 4.31. The number of esters is 1. The topological polar surface area (TPSA) is 26.3 Å². The van der Waals surface area contributed by atoms with Crippen molar-refractivity contribution in [2.45, 2.75) is 105 Å². The van der Waals surface area contributed by atoms with Gasteiger partial charge in [0, 0.05) is 11.1 Å². The molecule has 190 valence electrons. The maximum Gasteiger partial charge on any atom is 0.333 e. The smallest absolute Gasteiger partial charge is 0.333 e. The van der Waals surface area contributed by atoms with Crippen molar-refractivity contribution in [2.75, 3.05) is 26.2 Å². The monoisotopic (exact) mass is 479 g/mol. The molecule has 3 nitrogen and oxygen atoms in total. The van der Waals surface area contributed by atoms with Crippen LogP contribution in [0.5, 0.6) is 0 Å². The number of likely N-dealkylation sites (N-methyl/N-ethyl adjacent to an activating group) is 1. The largest absolute Gasteiger partial charge is 1.00 e. The molecule has 0 atom stereocenters. The van der Waals surface area contributed by atoms with Gasteiger partial charge >= 0.3 is 5.97 Å². The molecule has 0 saturated carbocycles. The van der Waals surface area contributed by atoms with Crippen molar-refractivity contribution in [3.05, 3.63) is 47.5 Å². The van der Waals surface area contributed by atoms with Crippen LogP contribution in [0.25, 0.3) is 0 Å². The molecule has 0 bridgehead atoms. The minimum Gasteiger partial charge on any atom is -1.00 e. The van der Waals surface area contributed by atoms with E-state index in [2.05, 4.69) is 51.6 Å². The van der Waals surface area contributed by atoms with Gasteiger partial charge in [0.05, 0.1) is 13.1 Å². The summed E-state index contributed by atoms with van der Waals surface area (Å²) in [6, 6.07) is 9.21. The van der Waals surface area contributed by atoms with Crippen LogP contribution in [0, 0.1) is 0 Å². The van der Waals surface area contributed by atoms with E-state index in [1.807, 2.05) is 0 Å². The van der Waals surface area contributed by atoms with E-state index in [1.54, 1.807) is 6.92 Å². The first kappa shape index (κ1) is 31.7. The van der Waals surface area contributed by atoms with E-state index in [4.69, 9.17) is 4.74 Å². The zero-order chi connectivity index (χ0) is 23.7. The normalized spacial score (nSPS) is 11.2. The summed E-state index contributed by atoms with van der Waals surface area (Å²) in [4.78, 5) is 11.7. The van der Waals surface area contributed by atoms with Crippen LogP contribution < -0.4 is 12.4 Å². The van der Waals surface area contributed by atoms with Gasteiger partial charge in [0.1, 0.15) is 19.7 Å². The van der Waals surface area contributed by atoms with Gasteiger partial charge in [-0.3, -0.25) is 0 Å². The van der Waals surface area contributed by atoms with E-state index in [0.717, 1.165) is 30.7 Å². The van der Waals surface area contributed by atoms with Crippen LogP contribution in [-0.2, 0) is 22.5 Å². The minimum atomic E-state index is -0.286. The number of carbonyl (C=O) groups excluding carboxylic acids is 1. The van der Waals surface area contributed by atoms with E-state index in [9.17, 15) is 4.79 Å². The third-order valence-corrected chi connectivity index (χ3v) is 6.85. The molecule has 0 N–H and O–H groups in total. The van der Waals surface area contributed by atoms with Gasteiger partial charge in [0.2, 0.25) is 0 Å². The molecular formula is C29H50ClNO2. The van der Waals surface area contributed by atoms with Crippen LogP contribution in [0.3, 0.4) is 0 Å². The number of unbranched alkanes of at least 4 members (excludes halogenated alkanes) is 9. The summed E-state index contributed by atoms with van der Waals surface area (Å²) in [5.74, 6) is -0.286. The van der Waals surface area contributed by atoms with Crippen molar-refractivity contribution >= 4 is 5.97 Å². The summed E-state index contributed by atoms with van der Waals surface area (Å²) in [5, 5.41) is 0. The van der Waals surface area contributed by atoms with Crippen molar-refractivity contribution in [1.82, 2.24) is 0 Å². The molecule has 0 heterocycles. The lowest BCUT2D eigenvalue weighted by atomic mass is 10.0. The number of aryl methyl sites for hydroxylation is 1. The standard InChI is InChI=1S/C29H50NO2.ClH/c1-6-9-10-11-12-13-14-15-16-17-18-27-19-21-28(22-20-27)25-30(7-2,8-3)23-24-32-29(31)26(4)5;/h19-22H,4,6-18,23-25H2,1-3,5H3;1H/q+1;/p-1. The molecule has 0 aromatic heterocycles. The summed E-state index contributed by atoms with van der Waals surface area (Å²) in [6.45, 7) is 16.4. The first-order valence-corrected chi connectivity index (χ1v) is 13.2. The van der Waals surface area contributed by atoms with Gasteiger partial charge in [-0.1, -0.05) is 95.6 Å². The van der Waals surface area contributed by atoms with Gasteiger partial charge in [-0.2, -0.15) is 0 Å². The number of hydrogen-bond acceptors (Lipinski definition) is 2. The second-order valence-corrected chi connectivity index (χ2v) is 9.52. The van der Waals surface area contributed by atoms with Crippen molar-refractivity contribution in [1.29, 1.82) is 0 Å². The Morgan fingerprint density at radius 2 is 1.30 bits per heavy atom. The lowest BCUT2D eigenvalue weighted by molar-refractivity contribution is -0.937. The molecule has 0 aliphatic carbocycles. The lowest BCUT2D eigenvalue weighted by Gasteiger charge is -2.36. The van der Waals surface area contributed by atoms with Crippen LogP contribution in [0.15, 0.2) is 36.4 Å². The van der Waals surface area contributed by atoms with Crippen LogP contribution in [0.4, 0.5) is 0 Å². The van der Waals surface area contributed by atoms with Crippen LogP contribution in [0.1, 0.15) is 103 Å². The third-order valence-electron chi connectivity index (χ3n) is 6.85. The first-order valence-electron chi connectivity index (χ1n) is 13.2. The molecule has 4 heteroatoms. The average molecular weight is 480 g/mol. The van der Waals surface area contributed by atoms with Crippen LogP contribution >= 0.6 is 0 Å². The SMILES string of the molecule is C=C(C)C(=O)OCC[N+](CC)(CC)Cc1ccc(CCCCCCCCCCCC)cc1.[Cl-]. The van der Waals surface area contributed by atoms with Gasteiger partial charge in [-0.25, -0.2) is 4.79 Å². The minimum absolute atomic E-state index is 0. The predicted octanol–water partition coefficient (Wildman–Crippen LogP) is 4.63. The predicted molar refractivity (Wildman–Crippen MR) is 138 cm³/mol. The Hall–Kier alpha value is -1.32. The average Bonchev–Trinajstić information content (AvgIpc) is 2.80. The van der Waals surface area contributed by atoms with Crippen molar-refractivity contribution in [3.63, 3.8) is 0 Å². The number of carbonyl (C=O) groups is 1. The fourth-order valence-corrected chi connectivity index (χ4v) is 4.31. The highest BCUT2D eigenvalue weighted by molar-refractivity contribution is 5.86. The highest BCUT2D eigenvalue weighted by atomic mass is 35.5. The second-order valence-electron chi connectivity index (χ2n) is 9.52. The molecule has 0 aliphatic heterocycles. The Morgan fingerprint density at radius 3 is 1.79 bits per heavy atom. The molecule has 0 spiro atoms. The van der Waals surface area contributed by atoms with E-state index >= 15 is 0 Å². The number of halogens is 1. The van der Waals surface area contributed by atoms with Gasteiger partial charge in [-0.05, 0) is 39.2 Å². The lowest BCUT2D eigenvalue weighted by Crippen LogP contribution is -3.00. The van der Waals surface area contributed by atoms with E-state index in [0.29, 0.717) is 12.2 Å². The summed E-state index contributed by atoms with van der Waals surface area (Å²) >= 11 is 0. The van der Waals surface area contributed by atoms with Crippen LogP contribution in [0.2, 0.25) is 0 Å². The van der Waals surface area contributed by atoms with Crippen molar-refractivity contribution < 1.29 is 26.4 Å². The molecule has 0 fully saturated rings. The van der Waals surface area contributed by atoms with Crippen LogP contribution in [-0.4, -0.2) is 36.7 Å². The molecule has 0 saturated heterocycles. The molecule has 0 unspecified atom stereocenters. The Bertz CT molecular complexity index is 638. The molecule has 1 aromatic carbocycles. The van der Waals surface area contributed by atoms with Crippen molar-refractivity contribution in [3.8, 4) is 0 Å². The molecule has 1 rings (SSSR count). The maximum atomic E-state index is 11.7. The number of quaternary nitrogens is 1. The quantitative estimate of drug-likeness (QED) is 0.125. The molecular weight excluding hydrogens is 430 g/mol.